The monoisotopic (exact) mass is 436 g/mol. The van der Waals surface area contributed by atoms with E-state index in [0.29, 0.717) is 5.02 Å². The van der Waals surface area contributed by atoms with Gasteiger partial charge in [0, 0.05) is 10.6 Å². The molecule has 142 valence electrons. The molecule has 3 aromatic rings. The van der Waals surface area contributed by atoms with Crippen LogP contribution < -0.4 is 0 Å². The smallest absolute Gasteiger partial charge is 0.282 e. The maximum absolute atomic E-state index is 13.2. The molecule has 1 aromatic heterocycles. The van der Waals surface area contributed by atoms with Crippen LogP contribution in [0, 0.1) is 0 Å². The molecule has 1 heterocycles. The van der Waals surface area contributed by atoms with Crippen molar-refractivity contribution >= 4 is 33.3 Å². The summed E-state index contributed by atoms with van der Waals surface area (Å²) in [5.74, 6) is 0. The molecule has 0 aliphatic heterocycles. The number of aromatic nitrogens is 2. The highest BCUT2D eigenvalue weighted by Gasteiger charge is 2.35. The van der Waals surface area contributed by atoms with Crippen molar-refractivity contribution in [3.05, 3.63) is 64.3 Å². The summed E-state index contributed by atoms with van der Waals surface area (Å²) in [7, 11) is -4.44. The summed E-state index contributed by atoms with van der Waals surface area (Å²) in [4.78, 5) is -0.402. The molecule has 0 fully saturated rings. The lowest BCUT2D eigenvalue weighted by Crippen LogP contribution is -2.07. The summed E-state index contributed by atoms with van der Waals surface area (Å²) in [6.45, 7) is 0. The summed E-state index contributed by atoms with van der Waals surface area (Å²) in [6.07, 6.45) is -4.70. The fourth-order valence-corrected chi connectivity index (χ4v) is 3.35. The van der Waals surface area contributed by atoms with E-state index in [9.17, 15) is 21.6 Å². The second kappa shape index (κ2) is 6.83. The molecule has 27 heavy (non-hydrogen) atoms. The van der Waals surface area contributed by atoms with Gasteiger partial charge >= 0.3 is 6.18 Å². The second-order valence-corrected chi connectivity index (χ2v) is 7.68. The van der Waals surface area contributed by atoms with Gasteiger partial charge in [-0.2, -0.15) is 26.7 Å². The molecule has 5 nitrogen and oxygen atoms in total. The number of rotatable bonds is 3. The van der Waals surface area contributed by atoms with E-state index in [1.807, 2.05) is 0 Å². The summed E-state index contributed by atoms with van der Waals surface area (Å²) < 4.78 is 71.7. The van der Waals surface area contributed by atoms with Crippen LogP contribution in [0.25, 0.3) is 16.9 Å². The summed E-state index contributed by atoms with van der Waals surface area (Å²) >= 11 is 11.9. The summed E-state index contributed by atoms with van der Waals surface area (Å²) in [6, 6.07) is 9.64. The van der Waals surface area contributed by atoms with E-state index < -0.39 is 26.9 Å². The van der Waals surface area contributed by atoms with Gasteiger partial charge in [0.2, 0.25) is 0 Å². The Morgan fingerprint density at radius 3 is 2.15 bits per heavy atom. The van der Waals surface area contributed by atoms with Gasteiger partial charge in [0.1, 0.15) is 0 Å². The zero-order valence-corrected chi connectivity index (χ0v) is 15.4. The number of halogens is 5. The Kier molecular flexibility index (Phi) is 4.98. The first kappa shape index (κ1) is 19.7. The van der Waals surface area contributed by atoms with Gasteiger partial charge in [0.05, 0.1) is 21.3 Å². The van der Waals surface area contributed by atoms with Crippen LogP contribution in [0.2, 0.25) is 10.0 Å². The Balaban J connectivity index is 2.21. The Bertz CT molecular complexity index is 1110. The average Bonchev–Trinajstić information content (AvgIpc) is 2.99. The molecule has 0 unspecified atom stereocenters. The van der Waals surface area contributed by atoms with Gasteiger partial charge in [-0.3, -0.25) is 4.55 Å². The molecular formula is C16H9Cl2F3N2O3S. The normalized spacial score (nSPS) is 12.4. The third kappa shape index (κ3) is 4.11. The standard InChI is InChI=1S/C16H9Cl2F3N2O3S/c17-9-1-6-12(13(18)7-9)14-8-15(16(19,20)21)22-23(14)10-2-4-11(5-3-10)27(24,25)26/h1-8H,(H,24,25,26). The van der Waals surface area contributed by atoms with Crippen LogP contribution in [-0.2, 0) is 16.3 Å². The van der Waals surface area contributed by atoms with Crippen molar-refractivity contribution in [3.63, 3.8) is 0 Å². The molecule has 0 spiro atoms. The Morgan fingerprint density at radius 2 is 1.63 bits per heavy atom. The minimum Gasteiger partial charge on any atom is -0.282 e. The molecule has 3 rings (SSSR count). The van der Waals surface area contributed by atoms with E-state index in [4.69, 9.17) is 27.8 Å². The molecule has 0 aliphatic rings. The molecule has 0 radical (unpaired) electrons. The van der Waals surface area contributed by atoms with E-state index in [1.165, 1.54) is 30.3 Å². The predicted molar refractivity (Wildman–Crippen MR) is 93.8 cm³/mol. The minimum absolute atomic E-state index is 0.0311. The van der Waals surface area contributed by atoms with Gasteiger partial charge in [-0.25, -0.2) is 4.68 Å². The van der Waals surface area contributed by atoms with Crippen LogP contribution in [0.15, 0.2) is 53.4 Å². The van der Waals surface area contributed by atoms with E-state index in [1.54, 1.807) is 0 Å². The molecule has 0 aliphatic carbocycles. The molecule has 0 saturated carbocycles. The van der Waals surface area contributed by atoms with Crippen molar-refractivity contribution in [2.45, 2.75) is 11.1 Å². The number of alkyl halides is 3. The van der Waals surface area contributed by atoms with Crippen LogP contribution in [0.3, 0.4) is 0 Å². The maximum atomic E-state index is 13.2. The van der Waals surface area contributed by atoms with E-state index in [0.717, 1.165) is 22.9 Å². The molecular weight excluding hydrogens is 428 g/mol. The first-order valence-corrected chi connectivity index (χ1v) is 9.37. The minimum atomic E-state index is -4.70. The highest BCUT2D eigenvalue weighted by molar-refractivity contribution is 7.85. The van der Waals surface area contributed by atoms with Gasteiger partial charge in [-0.05, 0) is 48.5 Å². The first-order valence-electron chi connectivity index (χ1n) is 7.17. The Labute approximate surface area is 161 Å². The first-order chi connectivity index (χ1) is 12.5. The lowest BCUT2D eigenvalue weighted by molar-refractivity contribution is -0.141. The van der Waals surface area contributed by atoms with Gasteiger partial charge in [0.25, 0.3) is 10.1 Å². The zero-order chi connectivity index (χ0) is 20.0. The SMILES string of the molecule is O=S(=O)(O)c1ccc(-n2nc(C(F)(F)F)cc2-c2ccc(Cl)cc2Cl)cc1. The van der Waals surface area contributed by atoms with Crippen LogP contribution in [-0.4, -0.2) is 22.8 Å². The number of hydrogen-bond acceptors (Lipinski definition) is 3. The highest BCUT2D eigenvalue weighted by atomic mass is 35.5. The van der Waals surface area contributed by atoms with Crippen molar-refractivity contribution in [1.29, 1.82) is 0 Å². The Hall–Kier alpha value is -2.07. The largest absolute Gasteiger partial charge is 0.435 e. The average molecular weight is 437 g/mol. The van der Waals surface area contributed by atoms with Crippen LogP contribution in [0.5, 0.6) is 0 Å². The fraction of sp³-hybridized carbons (Fsp3) is 0.0625. The fourth-order valence-electron chi connectivity index (χ4n) is 2.36. The molecule has 0 atom stereocenters. The van der Waals surface area contributed by atoms with E-state index in [-0.39, 0.29) is 22.0 Å². The van der Waals surface area contributed by atoms with Crippen molar-refractivity contribution < 1.29 is 26.1 Å². The maximum Gasteiger partial charge on any atom is 0.435 e. The van der Waals surface area contributed by atoms with Crippen molar-refractivity contribution in [2.75, 3.05) is 0 Å². The van der Waals surface area contributed by atoms with E-state index in [2.05, 4.69) is 5.10 Å². The van der Waals surface area contributed by atoms with Gasteiger partial charge in [0.15, 0.2) is 5.69 Å². The van der Waals surface area contributed by atoms with Crippen molar-refractivity contribution in [1.82, 2.24) is 9.78 Å². The number of benzene rings is 2. The van der Waals surface area contributed by atoms with Gasteiger partial charge < -0.3 is 0 Å². The second-order valence-electron chi connectivity index (χ2n) is 5.42. The lowest BCUT2D eigenvalue weighted by atomic mass is 10.1. The Morgan fingerprint density at radius 1 is 1.00 bits per heavy atom. The van der Waals surface area contributed by atoms with Crippen LogP contribution in [0.4, 0.5) is 13.2 Å². The molecule has 0 saturated heterocycles. The quantitative estimate of drug-likeness (QED) is 0.578. The molecule has 2 aromatic carbocycles. The van der Waals surface area contributed by atoms with Crippen LogP contribution in [0.1, 0.15) is 5.69 Å². The third-order valence-corrected chi connectivity index (χ3v) is 5.00. The van der Waals surface area contributed by atoms with Gasteiger partial charge in [-0.1, -0.05) is 23.2 Å². The molecule has 0 bridgehead atoms. The summed E-state index contributed by atoms with van der Waals surface area (Å²) in [5, 5.41) is 4.00. The molecule has 0 amide bonds. The van der Waals surface area contributed by atoms with Crippen molar-refractivity contribution in [2.24, 2.45) is 0 Å². The highest BCUT2D eigenvalue weighted by Crippen LogP contribution is 2.36. The predicted octanol–water partition coefficient (Wildman–Crippen LogP) is 5.11. The zero-order valence-electron chi connectivity index (χ0n) is 13.1. The number of hydrogen-bond donors (Lipinski definition) is 1. The molecule has 11 heteroatoms. The van der Waals surface area contributed by atoms with E-state index >= 15 is 0 Å². The van der Waals surface area contributed by atoms with Crippen molar-refractivity contribution in [3.8, 4) is 16.9 Å². The lowest BCUT2D eigenvalue weighted by Gasteiger charge is -2.10. The van der Waals surface area contributed by atoms with Crippen LogP contribution >= 0.6 is 23.2 Å². The number of nitrogens with zero attached hydrogens (tertiary/aromatic N) is 2. The topological polar surface area (TPSA) is 72.2 Å². The van der Waals surface area contributed by atoms with Gasteiger partial charge in [-0.15, -0.1) is 0 Å². The third-order valence-electron chi connectivity index (χ3n) is 3.59. The summed E-state index contributed by atoms with van der Waals surface area (Å²) in [5.41, 5.74) is -0.729. The molecule has 1 N–H and O–H groups in total.